The lowest BCUT2D eigenvalue weighted by Crippen LogP contribution is -2.49. The maximum atomic E-state index is 12.2. The van der Waals surface area contributed by atoms with Crippen LogP contribution in [0.4, 0.5) is 4.79 Å². The minimum atomic E-state index is 0.132. The van der Waals surface area contributed by atoms with E-state index in [0.29, 0.717) is 0 Å². The molecule has 0 radical (unpaired) electrons. The smallest absolute Gasteiger partial charge is 0.317 e. The van der Waals surface area contributed by atoms with Gasteiger partial charge in [-0.1, -0.05) is 20.8 Å². The Kier molecular flexibility index (Phi) is 6.54. The summed E-state index contributed by atoms with van der Waals surface area (Å²) in [5.74, 6) is 2.44. The normalized spacial score (nSPS) is 29.4. The highest BCUT2D eigenvalue weighted by Gasteiger charge is 2.27. The first-order valence-corrected chi connectivity index (χ1v) is 9.25. The van der Waals surface area contributed by atoms with Gasteiger partial charge in [-0.15, -0.1) is 0 Å². The van der Waals surface area contributed by atoms with Crippen LogP contribution in [0.3, 0.4) is 0 Å². The van der Waals surface area contributed by atoms with Gasteiger partial charge in [0.15, 0.2) is 0 Å². The third-order valence-corrected chi connectivity index (χ3v) is 5.34. The van der Waals surface area contributed by atoms with Crippen molar-refractivity contribution in [2.75, 3.05) is 32.7 Å². The Morgan fingerprint density at radius 3 is 2.32 bits per heavy atom. The summed E-state index contributed by atoms with van der Waals surface area (Å²) in [5.41, 5.74) is 0. The minimum Gasteiger partial charge on any atom is -0.336 e. The first-order chi connectivity index (χ1) is 10.5. The molecule has 0 unspecified atom stereocenters. The Bertz CT molecular complexity index is 342. The van der Waals surface area contributed by atoms with Crippen molar-refractivity contribution in [1.29, 1.82) is 0 Å². The summed E-state index contributed by atoms with van der Waals surface area (Å²) in [4.78, 5) is 16.8. The van der Waals surface area contributed by atoms with Crippen LogP contribution in [0.25, 0.3) is 0 Å². The predicted octanol–water partition coefficient (Wildman–Crippen LogP) is 3.18. The summed E-state index contributed by atoms with van der Waals surface area (Å²) in [6.45, 7) is 14.5. The van der Waals surface area contributed by atoms with Gasteiger partial charge < -0.3 is 15.1 Å². The monoisotopic (exact) mass is 309 g/mol. The van der Waals surface area contributed by atoms with E-state index in [1.54, 1.807) is 0 Å². The molecule has 2 aliphatic heterocycles. The summed E-state index contributed by atoms with van der Waals surface area (Å²) >= 11 is 0. The van der Waals surface area contributed by atoms with Crippen LogP contribution in [0.15, 0.2) is 0 Å². The van der Waals surface area contributed by atoms with Gasteiger partial charge in [0.05, 0.1) is 0 Å². The Hall–Kier alpha value is -0.770. The van der Waals surface area contributed by atoms with E-state index in [9.17, 15) is 4.79 Å². The number of carbonyl (C=O) groups is 1. The number of carbonyl (C=O) groups excluding carboxylic acids is 1. The van der Waals surface area contributed by atoms with E-state index in [1.165, 1.54) is 26.1 Å². The molecule has 4 heteroatoms. The fraction of sp³-hybridized carbons (Fsp3) is 0.944. The van der Waals surface area contributed by atoms with Crippen LogP contribution in [-0.4, -0.2) is 54.6 Å². The molecule has 2 fully saturated rings. The fourth-order valence-corrected chi connectivity index (χ4v) is 4.03. The number of hydrogen-bond donors (Lipinski definition) is 1. The van der Waals surface area contributed by atoms with Gasteiger partial charge in [-0.25, -0.2) is 4.79 Å². The first-order valence-electron chi connectivity index (χ1n) is 9.25. The molecule has 0 saturated carbocycles. The SMILES string of the molecule is CC[C@H](C)NC(=O)N1CCC(CN2C[C@H](C)C[C@@H](C)C2)CC1. The van der Waals surface area contributed by atoms with E-state index in [-0.39, 0.29) is 12.1 Å². The summed E-state index contributed by atoms with van der Waals surface area (Å²) in [6, 6.07) is 0.412. The highest BCUT2D eigenvalue weighted by molar-refractivity contribution is 5.74. The largest absolute Gasteiger partial charge is 0.336 e. The summed E-state index contributed by atoms with van der Waals surface area (Å²) in [5, 5.41) is 3.08. The number of nitrogens with zero attached hydrogens (tertiary/aromatic N) is 2. The van der Waals surface area contributed by atoms with Crippen molar-refractivity contribution < 1.29 is 4.79 Å². The molecule has 4 nitrogen and oxygen atoms in total. The van der Waals surface area contributed by atoms with Gasteiger partial charge in [0, 0.05) is 38.8 Å². The second kappa shape index (κ2) is 8.19. The molecule has 2 saturated heterocycles. The average molecular weight is 309 g/mol. The molecule has 2 rings (SSSR count). The zero-order chi connectivity index (χ0) is 16.1. The molecule has 128 valence electrons. The van der Waals surface area contributed by atoms with E-state index < -0.39 is 0 Å². The molecule has 2 heterocycles. The van der Waals surface area contributed by atoms with Crippen molar-refractivity contribution in [3.8, 4) is 0 Å². The molecule has 0 aromatic heterocycles. The maximum absolute atomic E-state index is 12.2. The molecule has 0 aromatic carbocycles. The topological polar surface area (TPSA) is 35.6 Å². The van der Waals surface area contributed by atoms with Crippen LogP contribution in [0.1, 0.15) is 53.4 Å². The Balaban J connectivity index is 1.72. The Labute approximate surface area is 136 Å². The van der Waals surface area contributed by atoms with Crippen molar-refractivity contribution in [1.82, 2.24) is 15.1 Å². The van der Waals surface area contributed by atoms with Gasteiger partial charge >= 0.3 is 6.03 Å². The second-order valence-corrected chi connectivity index (χ2v) is 7.85. The third-order valence-electron chi connectivity index (χ3n) is 5.34. The van der Waals surface area contributed by atoms with Crippen molar-refractivity contribution >= 4 is 6.03 Å². The van der Waals surface area contributed by atoms with Crippen LogP contribution in [-0.2, 0) is 0 Å². The molecule has 22 heavy (non-hydrogen) atoms. The van der Waals surface area contributed by atoms with Crippen LogP contribution < -0.4 is 5.32 Å². The molecular weight excluding hydrogens is 274 g/mol. The standard InChI is InChI=1S/C18H35N3O/c1-5-16(4)19-18(22)21-8-6-17(7-9-21)13-20-11-14(2)10-15(3)12-20/h14-17H,5-13H2,1-4H3,(H,19,22)/t14-,15-,16+/m1/s1. The number of urea groups is 1. The van der Waals surface area contributed by atoms with Gasteiger partial charge in [-0.2, -0.15) is 0 Å². The van der Waals surface area contributed by atoms with E-state index in [0.717, 1.165) is 50.1 Å². The molecule has 0 aromatic rings. The number of amides is 2. The molecule has 1 N–H and O–H groups in total. The van der Waals surface area contributed by atoms with Crippen molar-refractivity contribution in [3.05, 3.63) is 0 Å². The van der Waals surface area contributed by atoms with Gasteiger partial charge in [0.1, 0.15) is 0 Å². The number of likely N-dealkylation sites (tertiary alicyclic amines) is 2. The Morgan fingerprint density at radius 2 is 1.77 bits per heavy atom. The van der Waals surface area contributed by atoms with Crippen molar-refractivity contribution in [2.24, 2.45) is 17.8 Å². The highest BCUT2D eigenvalue weighted by atomic mass is 16.2. The lowest BCUT2D eigenvalue weighted by atomic mass is 9.89. The third kappa shape index (κ3) is 5.15. The van der Waals surface area contributed by atoms with Gasteiger partial charge in [0.2, 0.25) is 0 Å². The first kappa shape index (κ1) is 17.6. The second-order valence-electron chi connectivity index (χ2n) is 7.85. The Morgan fingerprint density at radius 1 is 1.18 bits per heavy atom. The molecular formula is C18H35N3O. The fourth-order valence-electron chi connectivity index (χ4n) is 4.03. The quantitative estimate of drug-likeness (QED) is 0.865. The molecule has 0 bridgehead atoms. The number of rotatable bonds is 4. The summed E-state index contributed by atoms with van der Waals surface area (Å²) in [6.07, 6.45) is 4.69. The van der Waals surface area contributed by atoms with E-state index in [2.05, 4.69) is 37.9 Å². The van der Waals surface area contributed by atoms with Crippen LogP contribution in [0, 0.1) is 17.8 Å². The van der Waals surface area contributed by atoms with Crippen LogP contribution in [0.2, 0.25) is 0 Å². The molecule has 0 spiro atoms. The van der Waals surface area contributed by atoms with E-state index in [1.807, 2.05) is 4.90 Å². The summed E-state index contributed by atoms with van der Waals surface area (Å²) in [7, 11) is 0. The number of nitrogens with one attached hydrogen (secondary N) is 1. The van der Waals surface area contributed by atoms with E-state index >= 15 is 0 Å². The lowest BCUT2D eigenvalue weighted by molar-refractivity contribution is 0.0992. The van der Waals surface area contributed by atoms with E-state index in [4.69, 9.17) is 0 Å². The molecule has 0 aliphatic carbocycles. The number of hydrogen-bond acceptors (Lipinski definition) is 2. The molecule has 3 atom stereocenters. The van der Waals surface area contributed by atoms with Crippen LogP contribution in [0.5, 0.6) is 0 Å². The van der Waals surface area contributed by atoms with Crippen LogP contribution >= 0.6 is 0 Å². The van der Waals surface area contributed by atoms with Crippen molar-refractivity contribution in [2.45, 2.75) is 59.4 Å². The van der Waals surface area contributed by atoms with Crippen molar-refractivity contribution in [3.63, 3.8) is 0 Å². The molecule has 2 aliphatic rings. The average Bonchev–Trinajstić information content (AvgIpc) is 2.46. The van der Waals surface area contributed by atoms with Gasteiger partial charge in [-0.05, 0) is 50.4 Å². The lowest BCUT2D eigenvalue weighted by Gasteiger charge is -2.39. The maximum Gasteiger partial charge on any atom is 0.317 e. The van der Waals surface area contributed by atoms with Gasteiger partial charge in [-0.3, -0.25) is 0 Å². The molecule has 2 amide bonds. The summed E-state index contributed by atoms with van der Waals surface area (Å²) < 4.78 is 0. The minimum absolute atomic E-state index is 0.132. The zero-order valence-electron chi connectivity index (χ0n) is 15.0. The zero-order valence-corrected chi connectivity index (χ0v) is 15.0. The van der Waals surface area contributed by atoms with Gasteiger partial charge in [0.25, 0.3) is 0 Å². The number of piperidine rings is 2. The predicted molar refractivity (Wildman–Crippen MR) is 92.0 cm³/mol. The highest BCUT2D eigenvalue weighted by Crippen LogP contribution is 2.24.